The van der Waals surface area contributed by atoms with Crippen molar-refractivity contribution in [3.63, 3.8) is 0 Å². The largest absolute Gasteiger partial charge is 0.450 e. The molecule has 1 saturated heterocycles. The van der Waals surface area contributed by atoms with Crippen LogP contribution in [0.4, 0.5) is 9.18 Å². The van der Waals surface area contributed by atoms with Gasteiger partial charge in [-0.2, -0.15) is 4.98 Å². The van der Waals surface area contributed by atoms with Gasteiger partial charge in [0, 0.05) is 31.7 Å². The highest BCUT2D eigenvalue weighted by molar-refractivity contribution is 5.67. The number of hydrogen-bond donors (Lipinski definition) is 0. The minimum Gasteiger partial charge on any atom is -0.450 e. The van der Waals surface area contributed by atoms with E-state index in [0.717, 1.165) is 0 Å². The Hall–Kier alpha value is -2.48. The first-order valence-corrected chi connectivity index (χ1v) is 8.75. The molecule has 0 radical (unpaired) electrons. The van der Waals surface area contributed by atoms with Gasteiger partial charge in [-0.15, -0.1) is 0 Å². The molecule has 1 unspecified atom stereocenters. The molecule has 1 aromatic carbocycles. The molecule has 0 aliphatic carbocycles. The molecule has 0 saturated carbocycles. The fourth-order valence-corrected chi connectivity index (χ4v) is 2.92. The van der Waals surface area contributed by atoms with E-state index < -0.39 is 0 Å². The standard InChI is InChI=1S/C18H23FN4O3/c1-4-25-18(24)23-9-7-22(8-10-23)13(3)17-20-16(21-26-17)14-6-5-12(2)15(19)11-14/h5-6,11,13H,4,7-10H2,1-3H3. The number of halogens is 1. The van der Waals surface area contributed by atoms with Crippen LogP contribution in [0.15, 0.2) is 22.7 Å². The zero-order valence-electron chi connectivity index (χ0n) is 15.2. The van der Waals surface area contributed by atoms with Crippen LogP contribution >= 0.6 is 0 Å². The maximum absolute atomic E-state index is 13.7. The van der Waals surface area contributed by atoms with Crippen molar-refractivity contribution in [2.45, 2.75) is 26.8 Å². The Morgan fingerprint density at radius 2 is 2.08 bits per heavy atom. The Morgan fingerprint density at radius 3 is 2.73 bits per heavy atom. The molecule has 1 fully saturated rings. The van der Waals surface area contributed by atoms with E-state index in [0.29, 0.717) is 55.6 Å². The average Bonchev–Trinajstić information content (AvgIpc) is 3.14. The molecule has 0 N–H and O–H groups in total. The third kappa shape index (κ3) is 3.85. The Kier molecular flexibility index (Phi) is 5.51. The number of ether oxygens (including phenoxy) is 1. The second-order valence-corrected chi connectivity index (χ2v) is 6.32. The van der Waals surface area contributed by atoms with Crippen molar-refractivity contribution >= 4 is 6.09 Å². The summed E-state index contributed by atoms with van der Waals surface area (Å²) in [4.78, 5) is 20.1. The van der Waals surface area contributed by atoms with E-state index in [-0.39, 0.29) is 18.0 Å². The van der Waals surface area contributed by atoms with Crippen LogP contribution in [-0.2, 0) is 4.74 Å². The van der Waals surface area contributed by atoms with E-state index in [1.165, 1.54) is 6.07 Å². The molecule has 1 amide bonds. The molecule has 140 valence electrons. The molecule has 26 heavy (non-hydrogen) atoms. The molecule has 2 heterocycles. The van der Waals surface area contributed by atoms with Crippen LogP contribution in [0.3, 0.4) is 0 Å². The second kappa shape index (κ2) is 7.82. The first-order chi connectivity index (χ1) is 12.5. The van der Waals surface area contributed by atoms with Gasteiger partial charge in [0.1, 0.15) is 5.82 Å². The molecule has 7 nitrogen and oxygen atoms in total. The Labute approximate surface area is 151 Å². The number of nitrogens with zero attached hydrogens (tertiary/aromatic N) is 4. The number of hydrogen-bond acceptors (Lipinski definition) is 6. The number of piperazine rings is 1. The normalized spacial score (nSPS) is 16.5. The highest BCUT2D eigenvalue weighted by atomic mass is 19.1. The lowest BCUT2D eigenvalue weighted by atomic mass is 10.1. The number of aryl methyl sites for hydroxylation is 1. The van der Waals surface area contributed by atoms with Crippen LogP contribution in [0.25, 0.3) is 11.4 Å². The summed E-state index contributed by atoms with van der Waals surface area (Å²) in [6, 6.07) is 4.79. The monoisotopic (exact) mass is 362 g/mol. The second-order valence-electron chi connectivity index (χ2n) is 6.32. The molecule has 1 atom stereocenters. The van der Waals surface area contributed by atoms with Gasteiger partial charge < -0.3 is 14.2 Å². The van der Waals surface area contributed by atoms with Crippen molar-refractivity contribution in [1.29, 1.82) is 0 Å². The lowest BCUT2D eigenvalue weighted by Gasteiger charge is -2.36. The summed E-state index contributed by atoms with van der Waals surface area (Å²) in [5.74, 6) is 0.554. The molecule has 8 heteroatoms. The highest BCUT2D eigenvalue weighted by Gasteiger charge is 2.28. The zero-order valence-corrected chi connectivity index (χ0v) is 15.2. The summed E-state index contributed by atoms with van der Waals surface area (Å²) in [5, 5.41) is 3.98. The van der Waals surface area contributed by atoms with Gasteiger partial charge in [0.05, 0.1) is 12.6 Å². The topological polar surface area (TPSA) is 71.7 Å². The van der Waals surface area contributed by atoms with Crippen LogP contribution < -0.4 is 0 Å². The fourth-order valence-electron chi connectivity index (χ4n) is 2.92. The third-order valence-electron chi connectivity index (χ3n) is 4.62. The zero-order chi connectivity index (χ0) is 18.7. The predicted molar refractivity (Wildman–Crippen MR) is 93.0 cm³/mol. The molecule has 1 aliphatic heterocycles. The molecular formula is C18H23FN4O3. The van der Waals surface area contributed by atoms with Gasteiger partial charge in [0.25, 0.3) is 0 Å². The maximum Gasteiger partial charge on any atom is 0.409 e. The van der Waals surface area contributed by atoms with Gasteiger partial charge in [0.15, 0.2) is 0 Å². The van der Waals surface area contributed by atoms with Gasteiger partial charge in [-0.1, -0.05) is 17.3 Å². The number of amides is 1. The average molecular weight is 362 g/mol. The van der Waals surface area contributed by atoms with Crippen LogP contribution in [0.1, 0.15) is 31.3 Å². The summed E-state index contributed by atoms with van der Waals surface area (Å²) >= 11 is 0. The van der Waals surface area contributed by atoms with Crippen molar-refractivity contribution in [3.8, 4) is 11.4 Å². The van der Waals surface area contributed by atoms with Crippen LogP contribution in [0.5, 0.6) is 0 Å². The first kappa shape index (κ1) is 18.3. The lowest BCUT2D eigenvalue weighted by Crippen LogP contribution is -2.49. The minimum absolute atomic E-state index is 0.0871. The van der Waals surface area contributed by atoms with Crippen molar-refractivity contribution in [3.05, 3.63) is 35.5 Å². The van der Waals surface area contributed by atoms with Crippen LogP contribution in [0.2, 0.25) is 0 Å². The smallest absolute Gasteiger partial charge is 0.409 e. The number of benzene rings is 1. The maximum atomic E-state index is 13.7. The van der Waals surface area contributed by atoms with E-state index in [1.54, 1.807) is 30.9 Å². The van der Waals surface area contributed by atoms with Crippen LogP contribution in [-0.4, -0.2) is 58.8 Å². The van der Waals surface area contributed by atoms with Gasteiger partial charge in [0.2, 0.25) is 11.7 Å². The van der Waals surface area contributed by atoms with Gasteiger partial charge in [-0.3, -0.25) is 4.90 Å². The van der Waals surface area contributed by atoms with Gasteiger partial charge in [-0.25, -0.2) is 9.18 Å². The Balaban J connectivity index is 1.64. The van der Waals surface area contributed by atoms with Crippen molar-refractivity contribution < 1.29 is 18.4 Å². The van der Waals surface area contributed by atoms with Crippen molar-refractivity contribution in [2.24, 2.45) is 0 Å². The molecule has 1 aromatic heterocycles. The summed E-state index contributed by atoms with van der Waals surface area (Å²) in [6.45, 7) is 8.42. The molecule has 2 aromatic rings. The van der Waals surface area contributed by atoms with E-state index >= 15 is 0 Å². The summed E-state index contributed by atoms with van der Waals surface area (Å²) in [5.41, 5.74) is 1.16. The third-order valence-corrected chi connectivity index (χ3v) is 4.62. The van der Waals surface area contributed by atoms with Crippen molar-refractivity contribution in [2.75, 3.05) is 32.8 Å². The van der Waals surface area contributed by atoms with E-state index in [1.807, 2.05) is 6.92 Å². The summed E-state index contributed by atoms with van der Waals surface area (Å²) < 4.78 is 24.2. The van der Waals surface area contributed by atoms with Crippen molar-refractivity contribution in [1.82, 2.24) is 19.9 Å². The molecular weight excluding hydrogens is 339 g/mol. The SMILES string of the molecule is CCOC(=O)N1CCN(C(C)c2nc(-c3ccc(C)c(F)c3)no2)CC1. The summed E-state index contributed by atoms with van der Waals surface area (Å²) in [6.07, 6.45) is -0.277. The molecule has 3 rings (SSSR count). The first-order valence-electron chi connectivity index (χ1n) is 8.75. The van der Waals surface area contributed by atoms with Gasteiger partial charge in [-0.05, 0) is 32.4 Å². The Bertz CT molecular complexity index is 772. The highest BCUT2D eigenvalue weighted by Crippen LogP contribution is 2.24. The number of carbonyl (C=O) groups is 1. The number of rotatable bonds is 4. The number of carbonyl (C=O) groups excluding carboxylic acids is 1. The predicted octanol–water partition coefficient (Wildman–Crippen LogP) is 3.02. The Morgan fingerprint density at radius 1 is 1.35 bits per heavy atom. The molecule has 1 aliphatic rings. The minimum atomic E-state index is -0.294. The van der Waals surface area contributed by atoms with Gasteiger partial charge >= 0.3 is 6.09 Å². The quantitative estimate of drug-likeness (QED) is 0.833. The number of aromatic nitrogens is 2. The molecule has 0 spiro atoms. The lowest BCUT2D eigenvalue weighted by molar-refractivity contribution is 0.0629. The fraction of sp³-hybridized carbons (Fsp3) is 0.500. The van der Waals surface area contributed by atoms with E-state index in [9.17, 15) is 9.18 Å². The molecule has 0 bridgehead atoms. The van der Waals surface area contributed by atoms with E-state index in [4.69, 9.17) is 9.26 Å². The summed E-state index contributed by atoms with van der Waals surface area (Å²) in [7, 11) is 0. The van der Waals surface area contributed by atoms with Crippen LogP contribution in [0, 0.1) is 12.7 Å². The van der Waals surface area contributed by atoms with E-state index in [2.05, 4.69) is 15.0 Å².